The molecule has 52 heavy (non-hydrogen) atoms. The van der Waals surface area contributed by atoms with Crippen LogP contribution in [-0.2, 0) is 24.2 Å². The Kier molecular flexibility index (Phi) is 10.4. The summed E-state index contributed by atoms with van der Waals surface area (Å²) in [6.07, 6.45) is -2.58. The number of aliphatic hydroxyl groups is 4. The molecule has 3 aromatic heterocycles. The molecule has 274 valence electrons. The van der Waals surface area contributed by atoms with Crippen molar-refractivity contribution in [2.24, 2.45) is 0 Å². The summed E-state index contributed by atoms with van der Waals surface area (Å²) in [5.74, 6) is 0.815. The van der Waals surface area contributed by atoms with Gasteiger partial charge >= 0.3 is 6.03 Å². The molecular formula is C33H40N12O7. The summed E-state index contributed by atoms with van der Waals surface area (Å²) in [5.41, 5.74) is 2.40. The van der Waals surface area contributed by atoms with Crippen molar-refractivity contribution < 1.29 is 35.1 Å². The molecule has 0 spiro atoms. The number of ether oxygens (including phenoxy) is 1. The number of aliphatic hydroxyl groups excluding tert-OH is 4. The van der Waals surface area contributed by atoms with Gasteiger partial charge in [-0.3, -0.25) is 4.57 Å². The van der Waals surface area contributed by atoms with Crippen LogP contribution in [0.1, 0.15) is 35.7 Å². The molecule has 0 aliphatic carbocycles. The number of hydrogen-bond acceptors (Lipinski definition) is 15. The van der Waals surface area contributed by atoms with Crippen molar-refractivity contribution in [3.05, 3.63) is 77.9 Å². The van der Waals surface area contributed by atoms with E-state index < -0.39 is 30.6 Å². The number of rotatable bonds is 13. The van der Waals surface area contributed by atoms with E-state index in [1.807, 2.05) is 35.2 Å². The lowest BCUT2D eigenvalue weighted by Crippen LogP contribution is -2.43. The van der Waals surface area contributed by atoms with Crippen LogP contribution in [0.2, 0.25) is 0 Å². The quantitative estimate of drug-likeness (QED) is 0.0771. The molecule has 8 N–H and O–H groups in total. The van der Waals surface area contributed by atoms with Gasteiger partial charge in [0.25, 0.3) is 0 Å². The van der Waals surface area contributed by atoms with Crippen molar-refractivity contribution in [1.82, 2.24) is 50.4 Å². The second-order valence-electron chi connectivity index (χ2n) is 12.7. The highest BCUT2D eigenvalue weighted by Gasteiger charge is 2.47. The molecule has 2 aromatic carbocycles. The van der Waals surface area contributed by atoms with Crippen LogP contribution < -0.4 is 20.9 Å². The Hall–Kier alpha value is -5.47. The first-order chi connectivity index (χ1) is 25.3. The van der Waals surface area contributed by atoms with Gasteiger partial charge in [-0.1, -0.05) is 42.5 Å². The first-order valence-electron chi connectivity index (χ1n) is 16.9. The van der Waals surface area contributed by atoms with E-state index in [-0.39, 0.29) is 55.6 Å². The lowest BCUT2D eigenvalue weighted by atomic mass is 10.1. The van der Waals surface area contributed by atoms with Gasteiger partial charge in [0.1, 0.15) is 18.0 Å². The third-order valence-electron chi connectivity index (χ3n) is 9.00. The first kappa shape index (κ1) is 35.0. The van der Waals surface area contributed by atoms with E-state index >= 15 is 0 Å². The Bertz CT molecular complexity index is 1980. The van der Waals surface area contributed by atoms with Gasteiger partial charge in [0.15, 0.2) is 29.3 Å². The molecule has 2 saturated heterocycles. The molecule has 2 aliphatic rings. The zero-order valence-corrected chi connectivity index (χ0v) is 28.0. The molecule has 0 radical (unpaired) electrons. The van der Waals surface area contributed by atoms with Crippen LogP contribution in [0.5, 0.6) is 5.75 Å². The lowest BCUT2D eigenvalue weighted by molar-refractivity contribution is -0.0384. The van der Waals surface area contributed by atoms with Crippen molar-refractivity contribution in [1.29, 1.82) is 0 Å². The third-order valence-corrected chi connectivity index (χ3v) is 9.00. The zero-order valence-electron chi connectivity index (χ0n) is 28.0. The number of nitrogens with one attached hydrogen (secondary N) is 3. The summed E-state index contributed by atoms with van der Waals surface area (Å²) in [4.78, 5) is 30.1. The number of anilines is 2. The van der Waals surface area contributed by atoms with Crippen LogP contribution in [-0.4, -0.2) is 122 Å². The van der Waals surface area contributed by atoms with Crippen LogP contribution in [0.4, 0.5) is 16.6 Å². The number of benzene rings is 2. The maximum atomic E-state index is 12.7. The van der Waals surface area contributed by atoms with Crippen LogP contribution in [0.3, 0.4) is 0 Å². The number of tetrazole rings is 1. The second kappa shape index (κ2) is 15.4. The second-order valence-corrected chi connectivity index (χ2v) is 12.7. The number of aromatic nitrogens is 8. The van der Waals surface area contributed by atoms with Crippen molar-refractivity contribution in [3.63, 3.8) is 0 Å². The van der Waals surface area contributed by atoms with Gasteiger partial charge in [-0.05, 0) is 41.3 Å². The van der Waals surface area contributed by atoms with Crippen LogP contribution in [0.15, 0.2) is 60.9 Å². The van der Waals surface area contributed by atoms with E-state index in [9.17, 15) is 30.3 Å². The standard InChI is InChI=1S/C33H40N12O7/c46-12-11-45-41-29(40-42-45)27-25(49)26(50)31(52-27)44-18-35-24-28(36-22(17-47)13-19-5-2-1-3-6-19)38-32(39-30(24)44)43-10-9-21(16-43)37-33(51)34-15-20-7-4-8-23(48)14-20/h1-8,14,18,21-22,25-27,31,46-50H,9-13,15-17H2,(H2,34,37,51)(H,36,38,39)/t21-,22+,25+,26-,27+,31-/m1/s1. The average Bonchev–Trinajstić information content (AvgIpc) is 3.96. The van der Waals surface area contributed by atoms with E-state index in [0.717, 1.165) is 11.1 Å². The topological polar surface area (TPSA) is 254 Å². The van der Waals surface area contributed by atoms with E-state index in [4.69, 9.17) is 14.7 Å². The minimum atomic E-state index is -1.43. The Labute approximate surface area is 296 Å². The predicted octanol–water partition coefficient (Wildman–Crippen LogP) is -0.404. The summed E-state index contributed by atoms with van der Waals surface area (Å²) in [7, 11) is 0. The summed E-state index contributed by atoms with van der Waals surface area (Å²) >= 11 is 0. The summed E-state index contributed by atoms with van der Waals surface area (Å²) < 4.78 is 7.61. The molecule has 0 saturated carbocycles. The molecule has 6 atom stereocenters. The fourth-order valence-electron chi connectivity index (χ4n) is 6.39. The molecule has 2 fully saturated rings. The number of phenolic OH excluding ortho intramolecular Hbond substituents is 1. The number of nitrogens with zero attached hydrogens (tertiary/aromatic N) is 9. The number of fused-ring (bicyclic) bond motifs is 1. The SMILES string of the molecule is O=C(NCc1cccc(O)c1)N[C@@H]1CCN(c2nc(N[C@H](CO)Cc3ccccc3)c3ncn([C@@H]4O[C@H](c5nnn(CCO)n5)[C@@H](O)[C@H]4O)c3n2)C1. The highest BCUT2D eigenvalue weighted by Crippen LogP contribution is 2.39. The normalized spacial score (nSPS) is 22.2. The number of imidazole rings is 1. The number of carbonyl (C=O) groups is 1. The van der Waals surface area contributed by atoms with E-state index in [1.54, 1.807) is 24.3 Å². The number of phenols is 1. The van der Waals surface area contributed by atoms with Crippen LogP contribution in [0.25, 0.3) is 11.2 Å². The number of hydrogen-bond donors (Lipinski definition) is 8. The van der Waals surface area contributed by atoms with Crippen molar-refractivity contribution in [2.75, 3.05) is 36.5 Å². The van der Waals surface area contributed by atoms with Gasteiger partial charge in [-0.15, -0.1) is 10.2 Å². The number of amides is 2. The van der Waals surface area contributed by atoms with Gasteiger partial charge in [-0.25, -0.2) is 9.78 Å². The van der Waals surface area contributed by atoms with Gasteiger partial charge in [0.2, 0.25) is 11.8 Å². The van der Waals surface area contributed by atoms with Crippen molar-refractivity contribution in [3.8, 4) is 5.75 Å². The fraction of sp³-hybridized carbons (Fsp3) is 0.424. The third kappa shape index (κ3) is 7.58. The van der Waals surface area contributed by atoms with E-state index in [2.05, 4.69) is 36.3 Å². The highest BCUT2D eigenvalue weighted by molar-refractivity contribution is 5.84. The fourth-order valence-corrected chi connectivity index (χ4v) is 6.39. The molecule has 2 aliphatic heterocycles. The highest BCUT2D eigenvalue weighted by atomic mass is 16.6. The smallest absolute Gasteiger partial charge is 0.315 e. The average molecular weight is 717 g/mol. The molecular weight excluding hydrogens is 676 g/mol. The van der Waals surface area contributed by atoms with Gasteiger partial charge in [0, 0.05) is 25.7 Å². The molecule has 0 bridgehead atoms. The zero-order chi connectivity index (χ0) is 36.2. The maximum absolute atomic E-state index is 12.7. The Balaban J connectivity index is 1.14. The summed E-state index contributed by atoms with van der Waals surface area (Å²) in [5, 5.41) is 72.5. The summed E-state index contributed by atoms with van der Waals surface area (Å²) in [6.45, 7) is 0.836. The van der Waals surface area contributed by atoms with Crippen LogP contribution in [0, 0.1) is 0 Å². The lowest BCUT2D eigenvalue weighted by Gasteiger charge is -2.22. The molecule has 19 heteroatoms. The molecule has 5 aromatic rings. The van der Waals surface area contributed by atoms with Crippen molar-refractivity contribution >= 4 is 29.0 Å². The van der Waals surface area contributed by atoms with Gasteiger partial charge in [0.05, 0.1) is 32.1 Å². The van der Waals surface area contributed by atoms with Gasteiger partial charge in [-0.2, -0.15) is 14.8 Å². The van der Waals surface area contributed by atoms with E-state index in [0.29, 0.717) is 43.2 Å². The largest absolute Gasteiger partial charge is 0.508 e. The number of urea groups is 1. The Morgan fingerprint density at radius 1 is 1.04 bits per heavy atom. The van der Waals surface area contributed by atoms with Crippen molar-refractivity contribution in [2.45, 2.75) is 62.6 Å². The minimum absolute atomic E-state index is 0.0397. The molecule has 2 amide bonds. The maximum Gasteiger partial charge on any atom is 0.315 e. The minimum Gasteiger partial charge on any atom is -0.508 e. The molecule has 19 nitrogen and oxygen atoms in total. The van der Waals surface area contributed by atoms with E-state index in [1.165, 1.54) is 15.7 Å². The number of aromatic hydroxyl groups is 1. The Morgan fingerprint density at radius 3 is 2.65 bits per heavy atom. The van der Waals surface area contributed by atoms with Crippen LogP contribution >= 0.6 is 0 Å². The first-order valence-corrected chi connectivity index (χ1v) is 16.9. The van der Waals surface area contributed by atoms with Gasteiger partial charge < -0.3 is 51.1 Å². The molecule has 7 rings (SSSR count). The summed E-state index contributed by atoms with van der Waals surface area (Å²) in [6, 6.07) is 15.3. The predicted molar refractivity (Wildman–Crippen MR) is 184 cm³/mol. The number of carbonyl (C=O) groups excluding carboxylic acids is 1. The monoisotopic (exact) mass is 716 g/mol. The molecule has 5 heterocycles. The Morgan fingerprint density at radius 2 is 1.87 bits per heavy atom. The molecule has 0 unspecified atom stereocenters.